The average molecular weight is 957 g/mol. The number of hydrogen-bond donors (Lipinski definition) is 8. The molecule has 0 aromatic heterocycles. The van der Waals surface area contributed by atoms with Gasteiger partial charge in [-0.2, -0.15) is 0 Å². The smallest absolute Gasteiger partial charge is 0.462 e. The number of esters is 2. The molecule has 1 rings (SSSR count). The summed E-state index contributed by atoms with van der Waals surface area (Å²) in [5.41, 5.74) is 0. The largest absolute Gasteiger partial charge is 0.472 e. The quantitative estimate of drug-likeness (QED) is 0.00963. The Morgan fingerprint density at radius 2 is 1.08 bits per heavy atom. The SMILES string of the molecule is CC/C=C/CC(O)/C=C/C=C/CCCCCCCC(=O)O[C@H](COC(=O)CCCCCCCCCCCCCCCCC)COP(=O)(O)O[C@H]1C(O)C(O)C(O)[C@@H](OP(=O)(O)O)C1O. The molecule has 0 radical (unpaired) electrons. The monoisotopic (exact) mass is 957 g/mol. The van der Waals surface area contributed by atoms with E-state index in [9.17, 15) is 49.1 Å². The molecule has 374 valence electrons. The minimum atomic E-state index is -5.37. The first kappa shape index (κ1) is 60.2. The zero-order valence-corrected chi connectivity index (χ0v) is 40.1. The molecule has 0 amide bonds. The lowest BCUT2D eigenvalue weighted by molar-refractivity contribution is -0.216. The third kappa shape index (κ3) is 30.5. The predicted octanol–water partition coefficient (Wildman–Crippen LogP) is 7.70. The normalized spacial score (nSPS) is 22.6. The van der Waals surface area contributed by atoms with Crippen molar-refractivity contribution >= 4 is 27.6 Å². The minimum Gasteiger partial charge on any atom is -0.462 e. The van der Waals surface area contributed by atoms with E-state index in [-0.39, 0.29) is 12.8 Å². The lowest BCUT2D eigenvalue weighted by Crippen LogP contribution is -2.64. The van der Waals surface area contributed by atoms with E-state index in [1.807, 2.05) is 37.3 Å². The van der Waals surface area contributed by atoms with Crippen molar-refractivity contribution in [3.63, 3.8) is 0 Å². The molecule has 9 atom stereocenters. The molecule has 0 saturated heterocycles. The van der Waals surface area contributed by atoms with E-state index in [1.165, 1.54) is 64.2 Å². The fourth-order valence-corrected chi connectivity index (χ4v) is 8.66. The van der Waals surface area contributed by atoms with Crippen LogP contribution >= 0.6 is 15.6 Å². The third-order valence-corrected chi connectivity index (χ3v) is 12.3. The van der Waals surface area contributed by atoms with Gasteiger partial charge in [0, 0.05) is 12.8 Å². The van der Waals surface area contributed by atoms with Crippen LogP contribution in [0.25, 0.3) is 0 Å². The van der Waals surface area contributed by atoms with Crippen molar-refractivity contribution < 1.29 is 82.0 Å². The Balaban J connectivity index is 2.62. The fraction of sp³-hybridized carbons (Fsp3) is 0.822. The summed E-state index contributed by atoms with van der Waals surface area (Å²) in [6, 6.07) is 0. The number of unbranched alkanes of at least 4 members (excludes halogenated alkanes) is 19. The van der Waals surface area contributed by atoms with Crippen molar-refractivity contribution in [1.82, 2.24) is 0 Å². The van der Waals surface area contributed by atoms with Crippen LogP contribution < -0.4 is 0 Å². The second kappa shape index (κ2) is 36.3. The number of carbonyl (C=O) groups excluding carboxylic acids is 2. The van der Waals surface area contributed by atoms with Crippen LogP contribution in [-0.2, 0) is 41.8 Å². The van der Waals surface area contributed by atoms with Crippen molar-refractivity contribution in [1.29, 1.82) is 0 Å². The van der Waals surface area contributed by atoms with Gasteiger partial charge in [-0.1, -0.05) is 159 Å². The Morgan fingerprint density at radius 3 is 1.61 bits per heavy atom. The molecule has 6 unspecified atom stereocenters. The van der Waals surface area contributed by atoms with E-state index in [4.69, 9.17) is 28.3 Å². The van der Waals surface area contributed by atoms with Gasteiger partial charge in [0.15, 0.2) is 6.10 Å². The topological polar surface area (TPSA) is 276 Å². The molecule has 1 aliphatic rings. The number of rotatable bonds is 39. The number of aliphatic hydroxyl groups excluding tert-OH is 5. The van der Waals surface area contributed by atoms with Crippen molar-refractivity contribution in [2.24, 2.45) is 0 Å². The molecule has 64 heavy (non-hydrogen) atoms. The molecule has 0 spiro atoms. The van der Waals surface area contributed by atoms with Gasteiger partial charge in [-0.25, -0.2) is 9.13 Å². The van der Waals surface area contributed by atoms with Crippen LogP contribution in [0.2, 0.25) is 0 Å². The number of allylic oxidation sites excluding steroid dienone is 4. The average Bonchev–Trinajstić information content (AvgIpc) is 3.24. The van der Waals surface area contributed by atoms with Crippen molar-refractivity contribution in [3.05, 3.63) is 36.5 Å². The second-order valence-electron chi connectivity index (χ2n) is 16.7. The molecule has 1 aliphatic carbocycles. The molecule has 19 heteroatoms. The maximum absolute atomic E-state index is 13.0. The van der Waals surface area contributed by atoms with Gasteiger partial charge >= 0.3 is 27.6 Å². The van der Waals surface area contributed by atoms with E-state index < -0.39 is 89.6 Å². The first-order chi connectivity index (χ1) is 30.5. The van der Waals surface area contributed by atoms with Gasteiger partial charge in [0.25, 0.3) is 0 Å². The summed E-state index contributed by atoms with van der Waals surface area (Å²) < 4.78 is 49.3. The Morgan fingerprint density at radius 1 is 0.578 bits per heavy atom. The Kier molecular flexibility index (Phi) is 34.1. The van der Waals surface area contributed by atoms with Gasteiger partial charge in [-0.15, -0.1) is 0 Å². The molecule has 1 saturated carbocycles. The lowest BCUT2D eigenvalue weighted by Gasteiger charge is -2.43. The van der Waals surface area contributed by atoms with Crippen LogP contribution in [0.4, 0.5) is 0 Å². The molecule has 8 N–H and O–H groups in total. The number of aliphatic hydroxyl groups is 5. The summed E-state index contributed by atoms with van der Waals surface area (Å²) >= 11 is 0. The summed E-state index contributed by atoms with van der Waals surface area (Å²) in [6.07, 6.45) is 20.0. The molecule has 0 heterocycles. The van der Waals surface area contributed by atoms with Crippen molar-refractivity contribution in [2.75, 3.05) is 13.2 Å². The van der Waals surface area contributed by atoms with E-state index in [2.05, 4.69) is 11.4 Å². The standard InChI is InChI=1S/C45H82O17P2/c1-3-5-7-8-9-10-11-12-13-14-15-18-21-24-28-32-38(47)58-34-37(60-39(48)33-29-25-22-19-16-17-20-23-27-31-36(46)30-26-6-4-2)35-59-64(56,57)62-45-42(51)40(49)41(50)44(43(45)52)61-63(53,54)55/h6,20,23,26-27,31,36-37,40-46,49-52H,3-5,7-19,21-22,24-25,28-30,32-35H2,1-2H3,(H,56,57)(H2,53,54,55)/b23-20+,26-6+,31-27+/t36?,37-,40?,41?,42?,43?,44-,45+/m1/s1. The number of ether oxygens (including phenoxy) is 2. The molecular formula is C45H82O17P2. The summed E-state index contributed by atoms with van der Waals surface area (Å²) in [5, 5.41) is 51.1. The first-order valence-corrected chi connectivity index (χ1v) is 26.7. The van der Waals surface area contributed by atoms with Crippen LogP contribution in [0, 0.1) is 0 Å². The number of phosphoric acid groups is 2. The van der Waals surface area contributed by atoms with Gasteiger partial charge in [0.2, 0.25) is 0 Å². The highest BCUT2D eigenvalue weighted by Crippen LogP contribution is 2.49. The Hall–Kier alpha value is -1.82. The van der Waals surface area contributed by atoms with Gasteiger partial charge in [-0.05, 0) is 38.5 Å². The first-order valence-electron chi connectivity index (χ1n) is 23.6. The molecule has 0 aromatic carbocycles. The van der Waals surface area contributed by atoms with Crippen molar-refractivity contribution in [3.8, 4) is 0 Å². The molecule has 0 aromatic rings. The van der Waals surface area contributed by atoms with Crippen LogP contribution in [0.5, 0.6) is 0 Å². The Bertz CT molecular complexity index is 1400. The van der Waals surface area contributed by atoms with Crippen LogP contribution in [-0.4, -0.2) is 114 Å². The van der Waals surface area contributed by atoms with Gasteiger partial charge in [0.05, 0.1) is 12.7 Å². The van der Waals surface area contributed by atoms with Crippen LogP contribution in [0.3, 0.4) is 0 Å². The zero-order chi connectivity index (χ0) is 47.6. The summed E-state index contributed by atoms with van der Waals surface area (Å²) in [6.45, 7) is 2.88. The predicted molar refractivity (Wildman–Crippen MR) is 243 cm³/mol. The van der Waals surface area contributed by atoms with Gasteiger partial charge < -0.3 is 49.7 Å². The number of hydrogen-bond acceptors (Lipinski definition) is 14. The Labute approximate surface area is 381 Å². The molecule has 17 nitrogen and oxygen atoms in total. The highest BCUT2D eigenvalue weighted by atomic mass is 31.2. The summed E-state index contributed by atoms with van der Waals surface area (Å²) in [4.78, 5) is 54.2. The number of carbonyl (C=O) groups is 2. The summed E-state index contributed by atoms with van der Waals surface area (Å²) in [7, 11) is -10.7. The minimum absolute atomic E-state index is 0.00103. The molecular weight excluding hydrogens is 874 g/mol. The number of phosphoric ester groups is 2. The maximum atomic E-state index is 13.0. The highest BCUT2D eigenvalue weighted by Gasteiger charge is 2.54. The molecule has 0 bridgehead atoms. The van der Waals surface area contributed by atoms with Gasteiger partial charge in [0.1, 0.15) is 43.2 Å². The third-order valence-electron chi connectivity index (χ3n) is 10.8. The van der Waals surface area contributed by atoms with E-state index in [1.54, 1.807) is 6.08 Å². The van der Waals surface area contributed by atoms with E-state index >= 15 is 0 Å². The van der Waals surface area contributed by atoms with E-state index in [0.717, 1.165) is 64.2 Å². The van der Waals surface area contributed by atoms with E-state index in [0.29, 0.717) is 19.3 Å². The van der Waals surface area contributed by atoms with Crippen molar-refractivity contribution in [2.45, 2.75) is 223 Å². The molecule has 0 aliphatic heterocycles. The lowest BCUT2D eigenvalue weighted by atomic mass is 9.85. The van der Waals surface area contributed by atoms with Gasteiger partial charge in [-0.3, -0.25) is 23.2 Å². The maximum Gasteiger partial charge on any atom is 0.472 e. The second-order valence-corrected chi connectivity index (χ2v) is 19.3. The van der Waals surface area contributed by atoms with Crippen LogP contribution in [0.1, 0.15) is 174 Å². The zero-order valence-electron chi connectivity index (χ0n) is 38.3. The summed E-state index contributed by atoms with van der Waals surface area (Å²) in [5.74, 6) is -1.25. The fourth-order valence-electron chi connectivity index (χ4n) is 7.12. The highest BCUT2D eigenvalue weighted by molar-refractivity contribution is 7.47. The molecule has 1 fully saturated rings. The van der Waals surface area contributed by atoms with Crippen LogP contribution in [0.15, 0.2) is 36.5 Å².